The van der Waals surface area contributed by atoms with Crippen LogP contribution in [-0.2, 0) is 0 Å². The molecule has 0 bridgehead atoms. The fraction of sp³-hybridized carbons (Fsp3) is 0.0370. The van der Waals surface area contributed by atoms with E-state index >= 15 is 0 Å². The molecule has 0 saturated carbocycles. The van der Waals surface area contributed by atoms with Crippen LogP contribution in [0.25, 0.3) is 0 Å². The minimum absolute atomic E-state index is 0.716. The summed E-state index contributed by atoms with van der Waals surface area (Å²) in [6, 6.07) is 43.6. The van der Waals surface area contributed by atoms with Crippen molar-refractivity contribution in [2.75, 3.05) is 6.54 Å². The highest BCUT2D eigenvalue weighted by Gasteiger charge is 2.30. The second kappa shape index (κ2) is 10.5. The summed E-state index contributed by atoms with van der Waals surface area (Å²) in [5, 5.41) is 5.44. The predicted molar refractivity (Wildman–Crippen MR) is 135 cm³/mol. The van der Waals surface area contributed by atoms with E-state index in [1.54, 1.807) is 0 Å². The van der Waals surface area contributed by atoms with E-state index in [0.717, 1.165) is 6.54 Å². The van der Waals surface area contributed by atoms with Crippen molar-refractivity contribution in [3.05, 3.63) is 134 Å². The van der Waals surface area contributed by atoms with Crippen molar-refractivity contribution in [2.24, 2.45) is 0 Å². The molecule has 0 amide bonds. The van der Waals surface area contributed by atoms with Crippen LogP contribution in [0.5, 0.6) is 0 Å². The number of hydrogen-bond donors (Lipinski definition) is 0. The molecule has 0 unspecified atom stereocenters. The molecule has 0 aliphatic carbocycles. The van der Waals surface area contributed by atoms with Crippen LogP contribution < -0.4 is 21.2 Å². The first kappa shape index (κ1) is 20.7. The molecule has 148 valence electrons. The van der Waals surface area contributed by atoms with Gasteiger partial charge in [-0.05, 0) is 21.2 Å². The zero-order valence-corrected chi connectivity index (χ0v) is 18.7. The van der Waals surface area contributed by atoms with Crippen molar-refractivity contribution in [3.8, 4) is 0 Å². The van der Waals surface area contributed by atoms with Crippen LogP contribution in [0.2, 0.25) is 0 Å². The van der Waals surface area contributed by atoms with E-state index in [-0.39, 0.29) is 0 Å². The van der Waals surface area contributed by atoms with Crippen LogP contribution in [0.1, 0.15) is 0 Å². The topological polar surface area (TPSA) is 3.24 Å². The Kier molecular flexibility index (Phi) is 7.22. The van der Waals surface area contributed by atoms with Crippen LogP contribution in [0.15, 0.2) is 134 Å². The summed E-state index contributed by atoms with van der Waals surface area (Å²) in [4.78, 5) is 0. The van der Waals surface area contributed by atoms with E-state index in [9.17, 15) is 0 Å². The largest absolute Gasteiger partial charge is 0.241 e. The van der Waals surface area contributed by atoms with Gasteiger partial charge in [0.1, 0.15) is 0 Å². The fourth-order valence-corrected chi connectivity index (χ4v) is 9.47. The zero-order chi connectivity index (χ0) is 20.6. The minimum Gasteiger partial charge on any atom is -0.241 e. The van der Waals surface area contributed by atoms with Crippen molar-refractivity contribution < 1.29 is 0 Å². The van der Waals surface area contributed by atoms with Crippen molar-refractivity contribution in [1.82, 2.24) is 4.44 Å². The summed E-state index contributed by atoms with van der Waals surface area (Å²) in [6.07, 6.45) is 2.04. The third-order valence-corrected chi connectivity index (χ3v) is 10.2. The fourth-order valence-electron chi connectivity index (χ4n) is 3.48. The van der Waals surface area contributed by atoms with E-state index in [2.05, 4.69) is 132 Å². The van der Waals surface area contributed by atoms with Gasteiger partial charge in [0.15, 0.2) is 0 Å². The van der Waals surface area contributed by atoms with E-state index in [4.69, 9.17) is 0 Å². The average molecular weight is 425 g/mol. The van der Waals surface area contributed by atoms with Crippen molar-refractivity contribution in [1.29, 1.82) is 0 Å². The maximum Gasteiger partial charge on any atom is 0.0326 e. The summed E-state index contributed by atoms with van der Waals surface area (Å²) in [7, 11) is -1.43. The van der Waals surface area contributed by atoms with Gasteiger partial charge in [-0.1, -0.05) is 127 Å². The Morgan fingerprint density at radius 3 is 1.00 bits per heavy atom. The Bertz CT molecular complexity index is 875. The van der Waals surface area contributed by atoms with Crippen LogP contribution in [0, 0.1) is 0 Å². The summed E-state index contributed by atoms with van der Waals surface area (Å²) < 4.78 is 2.67. The molecule has 0 radical (unpaired) electrons. The third kappa shape index (κ3) is 4.77. The van der Waals surface area contributed by atoms with Gasteiger partial charge < -0.3 is 0 Å². The molecule has 4 aromatic carbocycles. The Morgan fingerprint density at radius 2 is 0.767 bits per heavy atom. The normalized spacial score (nSPS) is 11.2. The van der Waals surface area contributed by atoms with Gasteiger partial charge in [0, 0.05) is 22.7 Å². The lowest BCUT2D eigenvalue weighted by atomic mass is 10.4. The van der Waals surface area contributed by atoms with Crippen molar-refractivity contribution in [3.63, 3.8) is 0 Å². The molecule has 0 fully saturated rings. The van der Waals surface area contributed by atoms with Crippen LogP contribution in [0.3, 0.4) is 0 Å². The van der Waals surface area contributed by atoms with E-state index in [0.29, 0.717) is 0 Å². The number of rotatable bonds is 8. The number of hydrogen-bond acceptors (Lipinski definition) is 1. The highest BCUT2D eigenvalue weighted by atomic mass is 31.2. The molecule has 0 atom stereocenters. The molecule has 1 nitrogen and oxygen atoms in total. The van der Waals surface area contributed by atoms with Gasteiger partial charge in [-0.3, -0.25) is 0 Å². The monoisotopic (exact) mass is 425 g/mol. The molecule has 3 heteroatoms. The molecule has 0 saturated heterocycles. The maximum atomic E-state index is 4.12. The minimum atomic E-state index is -0.716. The van der Waals surface area contributed by atoms with Gasteiger partial charge in [0.2, 0.25) is 0 Å². The second-order valence-electron chi connectivity index (χ2n) is 6.81. The molecule has 0 aliphatic heterocycles. The van der Waals surface area contributed by atoms with E-state index in [1.807, 2.05) is 6.08 Å². The Labute approximate surface area is 182 Å². The molecule has 30 heavy (non-hydrogen) atoms. The number of nitrogens with zero attached hydrogens (tertiary/aromatic N) is 1. The molecule has 0 N–H and O–H groups in total. The SMILES string of the molecule is C=CCN(P(c1ccccc1)c1ccccc1)P(c1ccccc1)c1ccccc1. The quantitative estimate of drug-likeness (QED) is 0.264. The molecule has 0 aromatic heterocycles. The van der Waals surface area contributed by atoms with Gasteiger partial charge >= 0.3 is 0 Å². The summed E-state index contributed by atoms with van der Waals surface area (Å²) >= 11 is 0. The average Bonchev–Trinajstić information content (AvgIpc) is 2.82. The molecule has 4 rings (SSSR count). The predicted octanol–water partition coefficient (Wildman–Crippen LogP) is 5.57. The summed E-state index contributed by atoms with van der Waals surface area (Å²) in [5.41, 5.74) is 0. The Balaban J connectivity index is 1.91. The molecular formula is C27H25NP2. The van der Waals surface area contributed by atoms with E-state index in [1.165, 1.54) is 21.2 Å². The van der Waals surface area contributed by atoms with Crippen LogP contribution in [0.4, 0.5) is 0 Å². The lowest BCUT2D eigenvalue weighted by Crippen LogP contribution is -2.31. The van der Waals surface area contributed by atoms with Crippen molar-refractivity contribution in [2.45, 2.75) is 0 Å². The van der Waals surface area contributed by atoms with Gasteiger partial charge in [-0.2, -0.15) is 0 Å². The van der Waals surface area contributed by atoms with Gasteiger partial charge in [-0.25, -0.2) is 4.44 Å². The lowest BCUT2D eigenvalue weighted by molar-refractivity contribution is 0.816. The Morgan fingerprint density at radius 1 is 0.500 bits per heavy atom. The van der Waals surface area contributed by atoms with E-state index < -0.39 is 16.1 Å². The van der Waals surface area contributed by atoms with Gasteiger partial charge in [-0.15, -0.1) is 6.58 Å². The lowest BCUT2D eigenvalue weighted by Gasteiger charge is -2.38. The zero-order valence-electron chi connectivity index (χ0n) is 16.9. The van der Waals surface area contributed by atoms with Crippen LogP contribution in [-0.4, -0.2) is 11.0 Å². The maximum absolute atomic E-state index is 4.12. The first-order valence-corrected chi connectivity index (χ1v) is 12.7. The molecule has 0 heterocycles. The third-order valence-electron chi connectivity index (χ3n) is 4.76. The highest BCUT2D eigenvalue weighted by Crippen LogP contribution is 2.54. The Hall–Kier alpha value is -2.56. The van der Waals surface area contributed by atoms with Crippen molar-refractivity contribution >= 4 is 37.4 Å². The smallest absolute Gasteiger partial charge is 0.0326 e. The van der Waals surface area contributed by atoms with Gasteiger partial charge in [0.25, 0.3) is 0 Å². The molecule has 4 aromatic rings. The molecular weight excluding hydrogens is 400 g/mol. The first-order chi connectivity index (χ1) is 14.9. The summed E-state index contributed by atoms with van der Waals surface area (Å²) in [6.45, 7) is 4.94. The van der Waals surface area contributed by atoms with Crippen LogP contribution >= 0.6 is 16.1 Å². The standard InChI is InChI=1S/C27H25NP2/c1-2-23-28(29(24-15-7-3-8-16-24)25-17-9-4-10-18-25)30(26-19-11-5-12-20-26)27-21-13-6-14-22-27/h2-22H,1,23H2. The first-order valence-electron chi connectivity index (χ1n) is 10.1. The second-order valence-corrected chi connectivity index (χ2v) is 11.4. The van der Waals surface area contributed by atoms with Gasteiger partial charge in [0.05, 0.1) is 0 Å². The highest BCUT2D eigenvalue weighted by molar-refractivity contribution is 7.84. The molecule has 0 aliphatic rings. The number of benzene rings is 4. The summed E-state index contributed by atoms with van der Waals surface area (Å²) in [5.74, 6) is 0. The molecule has 0 spiro atoms.